The van der Waals surface area contributed by atoms with Crippen LogP contribution in [0.2, 0.25) is 0 Å². The Labute approximate surface area is 212 Å². The molecule has 5 aliphatic carbocycles. The van der Waals surface area contributed by atoms with Gasteiger partial charge in [-0.2, -0.15) is 0 Å². The summed E-state index contributed by atoms with van der Waals surface area (Å²) in [6.45, 7) is 18.8. The van der Waals surface area contributed by atoms with Gasteiger partial charge in [0, 0.05) is 17.3 Å². The number of rotatable bonds is 0. The highest BCUT2D eigenvalue weighted by molar-refractivity contribution is 5.83. The second-order valence-electron chi connectivity index (χ2n) is 15.9. The van der Waals surface area contributed by atoms with Gasteiger partial charge in [-0.15, -0.1) is 0 Å². The van der Waals surface area contributed by atoms with E-state index in [1.165, 1.54) is 5.57 Å². The zero-order valence-electron chi connectivity index (χ0n) is 23.3. The van der Waals surface area contributed by atoms with Gasteiger partial charge in [0.25, 0.3) is 0 Å². The molecule has 0 radical (unpaired) electrons. The van der Waals surface area contributed by atoms with E-state index in [0.29, 0.717) is 24.7 Å². The number of allylic oxidation sites excluding steroid dienone is 2. The van der Waals surface area contributed by atoms with E-state index in [-0.39, 0.29) is 50.7 Å². The minimum atomic E-state index is -0.806. The van der Waals surface area contributed by atoms with Crippen LogP contribution in [-0.2, 0) is 9.53 Å². The van der Waals surface area contributed by atoms with E-state index in [4.69, 9.17) is 4.74 Å². The Morgan fingerprint density at radius 1 is 0.857 bits per heavy atom. The standard InChI is InChI=1S/C31H48O4/c1-25(2)17-30(8)20-10-9-19-27(5)13-12-21(32)26(3,4)18(27)11-14-28(19,6)29(20,7)15-22(33)31(30)16-23(25)35-24(31)34/h10,18-19,21-23,32-33H,9,11-17H2,1-8H3. The molecular formula is C31H48O4. The van der Waals surface area contributed by atoms with Crippen LogP contribution in [0.5, 0.6) is 0 Å². The van der Waals surface area contributed by atoms with E-state index in [2.05, 4.69) is 61.5 Å². The van der Waals surface area contributed by atoms with Gasteiger partial charge in [-0.1, -0.05) is 67.0 Å². The number of aliphatic hydroxyl groups excluding tert-OH is 2. The summed E-state index contributed by atoms with van der Waals surface area (Å²) >= 11 is 0. The molecule has 10 atom stereocenters. The van der Waals surface area contributed by atoms with Crippen LogP contribution >= 0.6 is 0 Å². The van der Waals surface area contributed by atoms with Gasteiger partial charge in [0.05, 0.1) is 12.2 Å². The van der Waals surface area contributed by atoms with Crippen molar-refractivity contribution in [2.75, 3.05) is 0 Å². The van der Waals surface area contributed by atoms with Gasteiger partial charge >= 0.3 is 5.97 Å². The van der Waals surface area contributed by atoms with E-state index in [9.17, 15) is 15.0 Å². The highest BCUT2D eigenvalue weighted by Gasteiger charge is 2.78. The third-order valence-electron chi connectivity index (χ3n) is 14.0. The van der Waals surface area contributed by atoms with Gasteiger partial charge in [0.1, 0.15) is 11.5 Å². The van der Waals surface area contributed by atoms with Crippen LogP contribution in [0, 0.1) is 49.7 Å². The molecule has 4 saturated carbocycles. The fraction of sp³-hybridized carbons (Fsp3) is 0.903. The first kappa shape index (κ1) is 24.5. The Kier molecular flexibility index (Phi) is 4.60. The lowest BCUT2D eigenvalue weighted by atomic mass is 9.31. The van der Waals surface area contributed by atoms with Gasteiger partial charge in [-0.25, -0.2) is 0 Å². The van der Waals surface area contributed by atoms with Crippen molar-refractivity contribution in [3.05, 3.63) is 11.6 Å². The van der Waals surface area contributed by atoms with E-state index in [1.807, 2.05) is 0 Å². The number of fused-ring (bicyclic) bond motifs is 7. The van der Waals surface area contributed by atoms with Crippen molar-refractivity contribution >= 4 is 5.97 Å². The summed E-state index contributed by atoms with van der Waals surface area (Å²) in [6.07, 6.45) is 8.97. The molecule has 2 N–H and O–H groups in total. The van der Waals surface area contributed by atoms with Gasteiger partial charge in [0.15, 0.2) is 0 Å². The lowest BCUT2D eigenvalue weighted by Gasteiger charge is -2.73. The van der Waals surface area contributed by atoms with Gasteiger partial charge in [-0.3, -0.25) is 4.79 Å². The largest absolute Gasteiger partial charge is 0.461 e. The third-order valence-corrected chi connectivity index (χ3v) is 14.0. The molecule has 1 heterocycles. The lowest BCUT2D eigenvalue weighted by Crippen LogP contribution is -2.69. The molecule has 4 nitrogen and oxygen atoms in total. The monoisotopic (exact) mass is 484 g/mol. The fourth-order valence-electron chi connectivity index (χ4n) is 11.9. The molecule has 1 spiro atoms. The molecule has 6 aliphatic rings. The number of hydrogen-bond acceptors (Lipinski definition) is 4. The number of ether oxygens (including phenoxy) is 1. The first-order valence-electron chi connectivity index (χ1n) is 14.3. The SMILES string of the molecule is CC1(C)CC2(C)C3=CCC4C5(C)CCC(O)C(C)(C)C5CCC4(C)C3(C)CC(O)C23CC1OC3=O. The zero-order chi connectivity index (χ0) is 25.6. The maximum absolute atomic E-state index is 13.6. The highest BCUT2D eigenvalue weighted by Crippen LogP contribution is 2.79. The Bertz CT molecular complexity index is 1010. The van der Waals surface area contributed by atoms with Crippen molar-refractivity contribution < 1.29 is 19.7 Å². The van der Waals surface area contributed by atoms with Crippen LogP contribution in [0.3, 0.4) is 0 Å². The fourth-order valence-corrected chi connectivity index (χ4v) is 11.9. The first-order valence-corrected chi connectivity index (χ1v) is 14.3. The number of carbonyl (C=O) groups is 1. The average molecular weight is 485 g/mol. The Morgan fingerprint density at radius 2 is 1.54 bits per heavy atom. The minimum absolute atomic E-state index is 0.0514. The van der Waals surface area contributed by atoms with Crippen LogP contribution in [0.4, 0.5) is 0 Å². The third kappa shape index (κ3) is 2.46. The summed E-state index contributed by atoms with van der Waals surface area (Å²) in [5.41, 5.74) is 0.138. The van der Waals surface area contributed by atoms with Crippen molar-refractivity contribution in [3.63, 3.8) is 0 Å². The van der Waals surface area contributed by atoms with Crippen molar-refractivity contribution in [3.8, 4) is 0 Å². The molecular weight excluding hydrogens is 436 g/mol. The van der Waals surface area contributed by atoms with Gasteiger partial charge in [0.2, 0.25) is 0 Å². The van der Waals surface area contributed by atoms with Gasteiger partial charge in [-0.05, 0) is 78.4 Å². The van der Waals surface area contributed by atoms with Crippen LogP contribution in [-0.4, -0.2) is 34.5 Å². The smallest absolute Gasteiger partial charge is 0.316 e. The quantitative estimate of drug-likeness (QED) is 0.325. The maximum atomic E-state index is 13.6. The normalized spacial score (nSPS) is 57.7. The molecule has 0 aromatic carbocycles. The van der Waals surface area contributed by atoms with Crippen LogP contribution in [0.1, 0.15) is 107 Å². The minimum Gasteiger partial charge on any atom is -0.461 e. The predicted molar refractivity (Wildman–Crippen MR) is 136 cm³/mol. The number of esters is 1. The van der Waals surface area contributed by atoms with Crippen LogP contribution < -0.4 is 0 Å². The van der Waals surface area contributed by atoms with Crippen LogP contribution in [0.15, 0.2) is 11.6 Å². The molecule has 1 aliphatic heterocycles. The summed E-state index contributed by atoms with van der Waals surface area (Å²) in [5.74, 6) is 0.862. The average Bonchev–Trinajstić information content (AvgIpc) is 3.07. The van der Waals surface area contributed by atoms with E-state index in [0.717, 1.165) is 38.5 Å². The van der Waals surface area contributed by atoms with Gasteiger partial charge < -0.3 is 14.9 Å². The Balaban J connectivity index is 1.51. The van der Waals surface area contributed by atoms with Crippen molar-refractivity contribution in [2.24, 2.45) is 49.7 Å². The molecule has 0 amide bonds. The Hall–Kier alpha value is -0.870. The van der Waals surface area contributed by atoms with E-state index < -0.39 is 11.5 Å². The molecule has 10 unspecified atom stereocenters. The molecule has 0 aromatic heterocycles. The van der Waals surface area contributed by atoms with Crippen LogP contribution in [0.25, 0.3) is 0 Å². The zero-order valence-corrected chi connectivity index (χ0v) is 23.3. The molecule has 4 heteroatoms. The predicted octanol–water partition coefficient (Wildman–Crippen LogP) is 6.05. The summed E-state index contributed by atoms with van der Waals surface area (Å²) in [7, 11) is 0. The molecule has 1 saturated heterocycles. The van der Waals surface area contributed by atoms with Crippen molar-refractivity contribution in [1.82, 2.24) is 0 Å². The Morgan fingerprint density at radius 3 is 2.23 bits per heavy atom. The number of hydrogen-bond donors (Lipinski definition) is 2. The topological polar surface area (TPSA) is 66.8 Å². The maximum Gasteiger partial charge on any atom is 0.316 e. The molecule has 0 aromatic rings. The highest BCUT2D eigenvalue weighted by atomic mass is 16.6. The molecule has 35 heavy (non-hydrogen) atoms. The summed E-state index contributed by atoms with van der Waals surface area (Å²) in [4.78, 5) is 13.6. The number of aliphatic hydroxyl groups is 2. The van der Waals surface area contributed by atoms with Crippen molar-refractivity contribution in [2.45, 2.75) is 125 Å². The summed E-state index contributed by atoms with van der Waals surface area (Å²) < 4.78 is 6.01. The summed E-state index contributed by atoms with van der Waals surface area (Å²) in [6, 6.07) is 0. The van der Waals surface area contributed by atoms with Crippen molar-refractivity contribution in [1.29, 1.82) is 0 Å². The molecule has 196 valence electrons. The molecule has 6 rings (SSSR count). The number of carbonyl (C=O) groups excluding carboxylic acids is 1. The lowest BCUT2D eigenvalue weighted by molar-refractivity contribution is -0.222. The second kappa shape index (κ2) is 6.57. The first-order chi connectivity index (χ1) is 16.0. The second-order valence-corrected chi connectivity index (χ2v) is 15.9. The van der Waals surface area contributed by atoms with E-state index in [1.54, 1.807) is 0 Å². The molecule has 2 bridgehead atoms. The van der Waals surface area contributed by atoms with E-state index >= 15 is 0 Å². The molecule has 5 fully saturated rings. The summed E-state index contributed by atoms with van der Waals surface area (Å²) in [5, 5.41) is 22.9.